The molecule has 0 unspecified atom stereocenters. The fourth-order valence-corrected chi connectivity index (χ4v) is 9.12. The van der Waals surface area contributed by atoms with Crippen LogP contribution in [0, 0.1) is 0 Å². The Morgan fingerprint density at radius 3 is 1.37 bits per heavy atom. The quantitative estimate of drug-likeness (QED) is 0.145. The second kappa shape index (κ2) is 17.1. The molecule has 314 valence electrons. The molecule has 3 aromatic heterocycles. The van der Waals surface area contributed by atoms with Crippen molar-refractivity contribution in [1.82, 2.24) is 24.3 Å². The third-order valence-corrected chi connectivity index (χ3v) is 12.5. The Morgan fingerprint density at radius 1 is 0.269 bits per heavy atom. The fourth-order valence-electron chi connectivity index (χ4n) is 9.12. The highest BCUT2D eigenvalue weighted by Crippen LogP contribution is 2.39. The first-order chi connectivity index (χ1) is 33.2. The Hall–Kier alpha value is -9.06. The van der Waals surface area contributed by atoms with Crippen molar-refractivity contribution in [2.75, 3.05) is 0 Å². The summed E-state index contributed by atoms with van der Waals surface area (Å²) in [5.74, 6) is 1.79. The lowest BCUT2D eigenvalue weighted by atomic mass is 9.92. The smallest absolute Gasteiger partial charge is 0.164 e. The lowest BCUT2D eigenvalue weighted by molar-refractivity contribution is 1.07. The molecule has 3 heterocycles. The fraction of sp³-hybridized carbons (Fsp3) is 0. The summed E-state index contributed by atoms with van der Waals surface area (Å²) in [6.45, 7) is 0. The van der Waals surface area contributed by atoms with Crippen LogP contribution in [0.3, 0.4) is 0 Å². The van der Waals surface area contributed by atoms with Crippen molar-refractivity contribution in [3.8, 4) is 101 Å². The molecule has 12 rings (SSSR count). The van der Waals surface area contributed by atoms with E-state index in [1.165, 1.54) is 10.8 Å². The summed E-state index contributed by atoms with van der Waals surface area (Å²) in [6.07, 6.45) is 2.09. The van der Waals surface area contributed by atoms with Crippen LogP contribution in [0.2, 0.25) is 0 Å². The Kier molecular flexibility index (Phi) is 10.1. The monoisotopic (exact) mass is 855 g/mol. The Bertz CT molecular complexity index is 3610. The van der Waals surface area contributed by atoms with Crippen molar-refractivity contribution in [3.05, 3.63) is 249 Å². The molecule has 12 aromatic rings. The van der Waals surface area contributed by atoms with Crippen molar-refractivity contribution in [2.45, 2.75) is 0 Å². The van der Waals surface area contributed by atoms with Gasteiger partial charge in [-0.15, -0.1) is 0 Å². The Balaban J connectivity index is 1.04. The summed E-state index contributed by atoms with van der Waals surface area (Å²) >= 11 is 0. The van der Waals surface area contributed by atoms with Gasteiger partial charge >= 0.3 is 0 Å². The number of nitrogens with zero attached hydrogens (tertiary/aromatic N) is 5. The number of imidazole rings is 1. The lowest BCUT2D eigenvalue weighted by Gasteiger charge is -2.14. The van der Waals surface area contributed by atoms with E-state index >= 15 is 0 Å². The number of benzene rings is 9. The second-order valence-corrected chi connectivity index (χ2v) is 16.7. The number of fused-ring (bicyclic) bond motifs is 2. The van der Waals surface area contributed by atoms with Crippen LogP contribution in [0.4, 0.5) is 0 Å². The van der Waals surface area contributed by atoms with Crippen molar-refractivity contribution in [2.24, 2.45) is 0 Å². The number of hydrogen-bond acceptors (Lipinski definition) is 4. The number of aromatic nitrogens is 5. The predicted octanol–water partition coefficient (Wildman–Crippen LogP) is 15.7. The maximum absolute atomic E-state index is 5.30. The Labute approximate surface area is 389 Å². The van der Waals surface area contributed by atoms with E-state index in [0.29, 0.717) is 17.5 Å². The molecule has 0 saturated heterocycles. The van der Waals surface area contributed by atoms with E-state index in [1.54, 1.807) is 0 Å². The van der Waals surface area contributed by atoms with Gasteiger partial charge < -0.3 is 0 Å². The van der Waals surface area contributed by atoms with Crippen LogP contribution in [0.5, 0.6) is 0 Å². The lowest BCUT2D eigenvalue weighted by Crippen LogP contribution is -2.01. The van der Waals surface area contributed by atoms with E-state index in [-0.39, 0.29) is 0 Å². The van der Waals surface area contributed by atoms with Crippen LogP contribution in [0.1, 0.15) is 0 Å². The topological polar surface area (TPSA) is 56.0 Å². The van der Waals surface area contributed by atoms with Gasteiger partial charge in [-0.3, -0.25) is 4.40 Å². The van der Waals surface area contributed by atoms with Crippen LogP contribution in [0.15, 0.2) is 249 Å². The highest BCUT2D eigenvalue weighted by atomic mass is 15.0. The third kappa shape index (κ3) is 7.75. The molecule has 0 aliphatic heterocycles. The third-order valence-electron chi connectivity index (χ3n) is 12.5. The molecule has 5 nitrogen and oxygen atoms in total. The first-order valence-electron chi connectivity index (χ1n) is 22.5. The summed E-state index contributed by atoms with van der Waals surface area (Å²) in [7, 11) is 0. The summed E-state index contributed by atoms with van der Waals surface area (Å²) in [5, 5.41) is 2.35. The predicted molar refractivity (Wildman–Crippen MR) is 275 cm³/mol. The normalized spacial score (nSPS) is 11.3. The van der Waals surface area contributed by atoms with Crippen molar-refractivity contribution >= 4 is 16.4 Å². The first kappa shape index (κ1) is 39.5. The molecule has 67 heavy (non-hydrogen) atoms. The molecule has 5 heteroatoms. The van der Waals surface area contributed by atoms with E-state index in [1.807, 2.05) is 18.2 Å². The van der Waals surface area contributed by atoms with Crippen LogP contribution < -0.4 is 0 Å². The highest BCUT2D eigenvalue weighted by Gasteiger charge is 2.19. The standard InChI is InChI=1S/C62H41N5/c1-4-16-42(17-5-1)44-29-33-48(34-30-44)60-64-61(49-35-31-45(32-36-49)43-18-6-2-7-19-43)66-62(65-60)54-40-52(39-53(41-54)56-27-15-23-46-20-10-11-26-55(46)56)50-24-14-25-51(38-50)58-59(47-21-8-3-9-22-47)67-37-13-12-28-57(67)63-58/h1-41H. The summed E-state index contributed by atoms with van der Waals surface area (Å²) in [5.41, 5.74) is 16.6. The molecular formula is C62H41N5. The zero-order valence-corrected chi connectivity index (χ0v) is 36.4. The molecule has 0 amide bonds. The average molecular weight is 856 g/mol. The molecule has 9 aromatic carbocycles. The molecule has 0 spiro atoms. The van der Waals surface area contributed by atoms with E-state index in [4.69, 9.17) is 19.9 Å². The van der Waals surface area contributed by atoms with Crippen LogP contribution in [0.25, 0.3) is 118 Å². The minimum Gasteiger partial charge on any atom is -0.299 e. The summed E-state index contributed by atoms with van der Waals surface area (Å²) < 4.78 is 2.18. The van der Waals surface area contributed by atoms with E-state index in [2.05, 4.69) is 235 Å². The van der Waals surface area contributed by atoms with Gasteiger partial charge in [0.2, 0.25) is 0 Å². The van der Waals surface area contributed by atoms with Crippen LogP contribution >= 0.6 is 0 Å². The molecule has 0 saturated carbocycles. The maximum atomic E-state index is 5.30. The number of rotatable bonds is 9. The molecule has 0 N–H and O–H groups in total. The van der Waals surface area contributed by atoms with E-state index in [0.717, 1.165) is 89.4 Å². The molecule has 0 fully saturated rings. The van der Waals surface area contributed by atoms with Gasteiger partial charge in [-0.25, -0.2) is 19.9 Å². The van der Waals surface area contributed by atoms with Crippen molar-refractivity contribution in [3.63, 3.8) is 0 Å². The minimum atomic E-state index is 0.588. The second-order valence-electron chi connectivity index (χ2n) is 16.7. The molecule has 0 aliphatic carbocycles. The molecule has 0 radical (unpaired) electrons. The maximum Gasteiger partial charge on any atom is 0.164 e. The van der Waals surface area contributed by atoms with Gasteiger partial charge in [-0.1, -0.05) is 206 Å². The zero-order valence-electron chi connectivity index (χ0n) is 36.4. The summed E-state index contributed by atoms with van der Waals surface area (Å²) in [4.78, 5) is 21.0. The van der Waals surface area contributed by atoms with Crippen LogP contribution in [-0.4, -0.2) is 24.3 Å². The average Bonchev–Trinajstić information content (AvgIpc) is 3.81. The van der Waals surface area contributed by atoms with Gasteiger partial charge in [-0.2, -0.15) is 0 Å². The largest absolute Gasteiger partial charge is 0.299 e. The number of hydrogen-bond donors (Lipinski definition) is 0. The highest BCUT2D eigenvalue weighted by molar-refractivity contribution is 5.98. The van der Waals surface area contributed by atoms with Crippen molar-refractivity contribution in [1.29, 1.82) is 0 Å². The number of pyridine rings is 1. The van der Waals surface area contributed by atoms with Gasteiger partial charge in [0.15, 0.2) is 17.5 Å². The van der Waals surface area contributed by atoms with Gasteiger partial charge in [0.1, 0.15) is 5.65 Å². The van der Waals surface area contributed by atoms with Gasteiger partial charge in [0.05, 0.1) is 11.4 Å². The van der Waals surface area contributed by atoms with Crippen LogP contribution in [-0.2, 0) is 0 Å². The van der Waals surface area contributed by atoms with Gasteiger partial charge in [0.25, 0.3) is 0 Å². The van der Waals surface area contributed by atoms with Gasteiger partial charge in [-0.05, 0) is 91.7 Å². The first-order valence-corrected chi connectivity index (χ1v) is 22.5. The summed E-state index contributed by atoms with van der Waals surface area (Å²) in [6, 6.07) is 85.0. The van der Waals surface area contributed by atoms with Gasteiger partial charge in [0, 0.05) is 34.0 Å². The Morgan fingerprint density at radius 2 is 0.716 bits per heavy atom. The molecule has 0 aliphatic rings. The molecule has 0 atom stereocenters. The molecular weight excluding hydrogens is 815 g/mol. The van der Waals surface area contributed by atoms with E-state index in [9.17, 15) is 0 Å². The van der Waals surface area contributed by atoms with Crippen molar-refractivity contribution < 1.29 is 0 Å². The zero-order chi connectivity index (χ0) is 44.5. The molecule has 0 bridgehead atoms. The van der Waals surface area contributed by atoms with E-state index < -0.39 is 0 Å². The SMILES string of the molecule is c1ccc(-c2ccc(-c3nc(-c4ccc(-c5ccccc5)cc4)nc(-c4cc(-c5cccc(-c6nc7ccccn7c6-c6ccccc6)c5)cc(-c5cccc6ccccc56)c4)n3)cc2)cc1. The minimum absolute atomic E-state index is 0.588.